The van der Waals surface area contributed by atoms with Crippen LogP contribution < -0.4 is 5.32 Å². The summed E-state index contributed by atoms with van der Waals surface area (Å²) in [6.07, 6.45) is 17.0. The van der Waals surface area contributed by atoms with Crippen LogP contribution in [0.1, 0.15) is 90.9 Å². The van der Waals surface area contributed by atoms with Gasteiger partial charge in [0.15, 0.2) is 0 Å². The third-order valence-corrected chi connectivity index (χ3v) is 5.84. The van der Waals surface area contributed by atoms with Gasteiger partial charge in [0.2, 0.25) is 0 Å². The molecule has 0 heterocycles. The van der Waals surface area contributed by atoms with Gasteiger partial charge < -0.3 is 10.1 Å². The van der Waals surface area contributed by atoms with Crippen LogP contribution in [0.25, 0.3) is 0 Å². The van der Waals surface area contributed by atoms with Crippen LogP contribution in [-0.4, -0.2) is 25.3 Å². The van der Waals surface area contributed by atoms with Crippen molar-refractivity contribution in [1.82, 2.24) is 5.32 Å². The second-order valence-electron chi connectivity index (χ2n) is 7.27. The summed E-state index contributed by atoms with van der Waals surface area (Å²) >= 11 is 0. The lowest BCUT2D eigenvalue weighted by Gasteiger charge is -2.56. The van der Waals surface area contributed by atoms with E-state index < -0.39 is 0 Å². The first-order chi connectivity index (χ1) is 10.3. The van der Waals surface area contributed by atoms with Crippen molar-refractivity contribution >= 4 is 0 Å². The molecule has 2 rings (SSSR count). The topological polar surface area (TPSA) is 21.3 Å². The highest BCUT2D eigenvalue weighted by Crippen LogP contribution is 2.52. The van der Waals surface area contributed by atoms with E-state index in [2.05, 4.69) is 19.2 Å². The summed E-state index contributed by atoms with van der Waals surface area (Å²) in [5.41, 5.74) is 0.482. The first-order valence-corrected chi connectivity index (χ1v) is 9.68. The van der Waals surface area contributed by atoms with Gasteiger partial charge in [-0.2, -0.15) is 0 Å². The molecule has 0 aromatic carbocycles. The number of nitrogens with one attached hydrogen (secondary N) is 1. The fourth-order valence-electron chi connectivity index (χ4n) is 4.50. The van der Waals surface area contributed by atoms with Gasteiger partial charge in [0.1, 0.15) is 0 Å². The normalized spacial score (nSPS) is 28.3. The van der Waals surface area contributed by atoms with Gasteiger partial charge in [0.25, 0.3) is 0 Å². The molecule has 0 radical (unpaired) electrons. The third-order valence-electron chi connectivity index (χ3n) is 5.84. The lowest BCUT2D eigenvalue weighted by molar-refractivity contribution is -0.144. The summed E-state index contributed by atoms with van der Waals surface area (Å²) < 4.78 is 6.34. The van der Waals surface area contributed by atoms with Gasteiger partial charge in [0, 0.05) is 18.1 Å². The number of ether oxygens (including phenoxy) is 1. The molecular weight excluding hydrogens is 258 g/mol. The van der Waals surface area contributed by atoms with Crippen molar-refractivity contribution in [3.05, 3.63) is 0 Å². The molecule has 2 aliphatic carbocycles. The van der Waals surface area contributed by atoms with Crippen molar-refractivity contribution < 1.29 is 4.74 Å². The molecule has 0 aromatic heterocycles. The van der Waals surface area contributed by atoms with Gasteiger partial charge in [-0.1, -0.05) is 65.2 Å². The highest BCUT2D eigenvalue weighted by Gasteiger charge is 2.54. The Morgan fingerprint density at radius 1 is 0.952 bits per heavy atom. The van der Waals surface area contributed by atoms with Crippen LogP contribution in [0.3, 0.4) is 0 Å². The summed E-state index contributed by atoms with van der Waals surface area (Å²) in [6, 6.07) is 0.727. The fourth-order valence-corrected chi connectivity index (χ4v) is 4.50. The van der Waals surface area contributed by atoms with Crippen molar-refractivity contribution in [3.8, 4) is 0 Å². The molecule has 2 unspecified atom stereocenters. The second-order valence-corrected chi connectivity index (χ2v) is 7.27. The molecule has 0 saturated heterocycles. The molecule has 2 saturated carbocycles. The van der Waals surface area contributed by atoms with Crippen LogP contribution in [0, 0.1) is 5.41 Å². The molecule has 2 atom stereocenters. The van der Waals surface area contributed by atoms with Crippen LogP contribution in [0.2, 0.25) is 0 Å². The Morgan fingerprint density at radius 2 is 1.67 bits per heavy atom. The Labute approximate surface area is 132 Å². The average Bonchev–Trinajstić information content (AvgIpc) is 2.76. The van der Waals surface area contributed by atoms with E-state index in [0.717, 1.165) is 19.2 Å². The van der Waals surface area contributed by atoms with E-state index in [9.17, 15) is 0 Å². The first kappa shape index (κ1) is 17.3. The molecule has 2 aliphatic rings. The lowest BCUT2D eigenvalue weighted by atomic mass is 9.57. The minimum Gasteiger partial charge on any atom is -0.378 e. The van der Waals surface area contributed by atoms with E-state index in [0.29, 0.717) is 11.5 Å². The standard InChI is InChI=1S/C19H37NO/c1-3-5-6-9-12-15-21-18-16-17(20-4-2)19(18)13-10-7-8-11-14-19/h17-18,20H,3-16H2,1-2H3. The van der Waals surface area contributed by atoms with Gasteiger partial charge in [-0.15, -0.1) is 0 Å². The number of hydrogen-bond donors (Lipinski definition) is 1. The molecular formula is C19H37NO. The zero-order chi connectivity index (χ0) is 15.0. The fraction of sp³-hybridized carbons (Fsp3) is 1.00. The van der Waals surface area contributed by atoms with Crippen LogP contribution in [-0.2, 0) is 4.74 Å². The summed E-state index contributed by atoms with van der Waals surface area (Å²) in [5.74, 6) is 0. The predicted molar refractivity (Wildman–Crippen MR) is 90.7 cm³/mol. The average molecular weight is 296 g/mol. The Morgan fingerprint density at radius 3 is 2.33 bits per heavy atom. The summed E-state index contributed by atoms with van der Waals surface area (Å²) in [7, 11) is 0. The van der Waals surface area contributed by atoms with E-state index in [1.165, 1.54) is 77.0 Å². The number of hydrogen-bond acceptors (Lipinski definition) is 2. The molecule has 0 aliphatic heterocycles. The van der Waals surface area contributed by atoms with Gasteiger partial charge >= 0.3 is 0 Å². The van der Waals surface area contributed by atoms with Crippen molar-refractivity contribution in [2.45, 2.75) is 103 Å². The van der Waals surface area contributed by atoms with E-state index in [4.69, 9.17) is 4.74 Å². The highest BCUT2D eigenvalue weighted by atomic mass is 16.5. The Hall–Kier alpha value is -0.0800. The maximum Gasteiger partial charge on any atom is 0.0661 e. The highest BCUT2D eigenvalue weighted by molar-refractivity contribution is 5.08. The van der Waals surface area contributed by atoms with Gasteiger partial charge in [0.05, 0.1) is 6.10 Å². The number of unbranched alkanes of at least 4 members (excludes halogenated alkanes) is 4. The van der Waals surface area contributed by atoms with Crippen molar-refractivity contribution in [2.75, 3.05) is 13.2 Å². The second kappa shape index (κ2) is 9.15. The van der Waals surface area contributed by atoms with Crippen molar-refractivity contribution in [1.29, 1.82) is 0 Å². The quantitative estimate of drug-likeness (QED) is 0.600. The largest absolute Gasteiger partial charge is 0.378 e. The maximum atomic E-state index is 6.34. The summed E-state index contributed by atoms with van der Waals surface area (Å²) in [6.45, 7) is 6.62. The van der Waals surface area contributed by atoms with Gasteiger partial charge in [-0.3, -0.25) is 0 Å². The monoisotopic (exact) mass is 295 g/mol. The van der Waals surface area contributed by atoms with Crippen LogP contribution in [0.5, 0.6) is 0 Å². The van der Waals surface area contributed by atoms with Crippen LogP contribution in [0.15, 0.2) is 0 Å². The zero-order valence-corrected chi connectivity index (χ0v) is 14.5. The molecule has 21 heavy (non-hydrogen) atoms. The maximum absolute atomic E-state index is 6.34. The van der Waals surface area contributed by atoms with Crippen molar-refractivity contribution in [2.24, 2.45) is 5.41 Å². The minimum absolute atomic E-state index is 0.482. The zero-order valence-electron chi connectivity index (χ0n) is 14.5. The first-order valence-electron chi connectivity index (χ1n) is 9.68. The van der Waals surface area contributed by atoms with E-state index >= 15 is 0 Å². The molecule has 2 fully saturated rings. The van der Waals surface area contributed by atoms with Crippen molar-refractivity contribution in [3.63, 3.8) is 0 Å². The Balaban J connectivity index is 1.76. The Kier molecular flexibility index (Phi) is 7.53. The van der Waals surface area contributed by atoms with E-state index in [1.54, 1.807) is 0 Å². The van der Waals surface area contributed by atoms with Crippen LogP contribution >= 0.6 is 0 Å². The minimum atomic E-state index is 0.482. The molecule has 0 aromatic rings. The molecule has 0 amide bonds. The molecule has 1 N–H and O–H groups in total. The molecule has 124 valence electrons. The SMILES string of the molecule is CCCCCCCOC1CC(NCC)C12CCCCCC2. The summed E-state index contributed by atoms with van der Waals surface area (Å²) in [5, 5.41) is 3.74. The van der Waals surface area contributed by atoms with Gasteiger partial charge in [-0.05, 0) is 32.2 Å². The predicted octanol–water partition coefficient (Wildman–Crippen LogP) is 5.06. The third kappa shape index (κ3) is 4.45. The summed E-state index contributed by atoms with van der Waals surface area (Å²) in [4.78, 5) is 0. The smallest absolute Gasteiger partial charge is 0.0661 e. The lowest BCUT2D eigenvalue weighted by Crippen LogP contribution is -2.63. The van der Waals surface area contributed by atoms with Crippen LogP contribution in [0.4, 0.5) is 0 Å². The Bertz CT molecular complexity index is 271. The van der Waals surface area contributed by atoms with E-state index in [1.807, 2.05) is 0 Å². The number of rotatable bonds is 9. The molecule has 2 heteroatoms. The molecule has 2 nitrogen and oxygen atoms in total. The van der Waals surface area contributed by atoms with Gasteiger partial charge in [-0.25, -0.2) is 0 Å². The molecule has 0 bridgehead atoms. The molecule has 1 spiro atoms. The van der Waals surface area contributed by atoms with E-state index in [-0.39, 0.29) is 0 Å².